The highest BCUT2D eigenvalue weighted by Crippen LogP contribution is 2.28. The lowest BCUT2D eigenvalue weighted by molar-refractivity contribution is -0.122. The van der Waals surface area contributed by atoms with Crippen LogP contribution in [0.4, 0.5) is 17.2 Å². The predicted molar refractivity (Wildman–Crippen MR) is 143 cm³/mol. The molecule has 3 N–H and O–H groups in total. The van der Waals surface area contributed by atoms with Crippen molar-refractivity contribution in [1.29, 1.82) is 0 Å². The Morgan fingerprint density at radius 1 is 0.892 bits per heavy atom. The molecule has 2 amide bonds. The Hall–Kier alpha value is -3.75. The molecular formula is C29H32N4O4. The first-order valence-corrected chi connectivity index (χ1v) is 12.9. The van der Waals surface area contributed by atoms with E-state index < -0.39 is 0 Å². The van der Waals surface area contributed by atoms with Crippen LogP contribution in [0.15, 0.2) is 66.9 Å². The normalized spacial score (nSPS) is 17.8. The molecule has 1 atom stereocenters. The van der Waals surface area contributed by atoms with Crippen molar-refractivity contribution in [3.63, 3.8) is 0 Å². The Bertz CT molecular complexity index is 1220. The van der Waals surface area contributed by atoms with Crippen LogP contribution in [0, 0.1) is 5.92 Å². The fourth-order valence-electron chi connectivity index (χ4n) is 4.67. The molecule has 0 radical (unpaired) electrons. The summed E-state index contributed by atoms with van der Waals surface area (Å²) in [6, 6.07) is 19.2. The number of carbonyl (C=O) groups excluding carboxylic acids is 2. The van der Waals surface area contributed by atoms with Crippen LogP contribution < -0.4 is 16.0 Å². The van der Waals surface area contributed by atoms with E-state index in [0.29, 0.717) is 44.0 Å². The van der Waals surface area contributed by atoms with Crippen LogP contribution in [0.25, 0.3) is 11.1 Å². The second-order valence-corrected chi connectivity index (χ2v) is 9.44. The second-order valence-electron chi connectivity index (χ2n) is 9.44. The van der Waals surface area contributed by atoms with Crippen LogP contribution in [0.3, 0.4) is 0 Å². The molecule has 37 heavy (non-hydrogen) atoms. The molecule has 2 aromatic carbocycles. The number of hydrogen-bond donors (Lipinski definition) is 3. The highest BCUT2D eigenvalue weighted by Gasteiger charge is 2.22. The van der Waals surface area contributed by atoms with E-state index >= 15 is 0 Å². The molecule has 5 rings (SSSR count). The summed E-state index contributed by atoms with van der Waals surface area (Å²) in [6.07, 6.45) is 5.14. The number of aromatic nitrogens is 1. The Kier molecular flexibility index (Phi) is 8.08. The average Bonchev–Trinajstić information content (AvgIpc) is 3.46. The zero-order valence-corrected chi connectivity index (χ0v) is 20.7. The first kappa shape index (κ1) is 24.9. The molecule has 192 valence electrons. The lowest BCUT2D eigenvalue weighted by Crippen LogP contribution is -2.31. The van der Waals surface area contributed by atoms with Gasteiger partial charge >= 0.3 is 0 Å². The van der Waals surface area contributed by atoms with E-state index in [0.717, 1.165) is 42.0 Å². The maximum absolute atomic E-state index is 13.1. The van der Waals surface area contributed by atoms with Crippen molar-refractivity contribution in [2.24, 2.45) is 5.92 Å². The van der Waals surface area contributed by atoms with Gasteiger partial charge in [-0.25, -0.2) is 4.98 Å². The number of nitrogens with zero attached hydrogens (tertiary/aromatic N) is 1. The van der Waals surface area contributed by atoms with Gasteiger partial charge in [0.15, 0.2) is 0 Å². The van der Waals surface area contributed by atoms with Gasteiger partial charge in [0.25, 0.3) is 5.91 Å². The van der Waals surface area contributed by atoms with E-state index in [4.69, 9.17) is 9.47 Å². The molecule has 1 aromatic heterocycles. The summed E-state index contributed by atoms with van der Waals surface area (Å²) in [6.45, 7) is 2.44. The summed E-state index contributed by atoms with van der Waals surface area (Å²) in [5.41, 5.74) is 3.94. The van der Waals surface area contributed by atoms with Crippen LogP contribution in [0.1, 0.15) is 36.0 Å². The van der Waals surface area contributed by atoms with Crippen LogP contribution in [0.2, 0.25) is 0 Å². The van der Waals surface area contributed by atoms with E-state index in [2.05, 4.69) is 20.9 Å². The van der Waals surface area contributed by atoms with Crippen LogP contribution in [-0.4, -0.2) is 49.3 Å². The van der Waals surface area contributed by atoms with Gasteiger partial charge in [-0.15, -0.1) is 0 Å². The minimum absolute atomic E-state index is 0.0401. The molecular weight excluding hydrogens is 468 g/mol. The number of rotatable bonds is 8. The van der Waals surface area contributed by atoms with E-state index in [1.807, 2.05) is 60.7 Å². The molecule has 2 aliphatic rings. The van der Waals surface area contributed by atoms with E-state index in [1.54, 1.807) is 6.20 Å². The Balaban J connectivity index is 1.38. The van der Waals surface area contributed by atoms with Crippen LogP contribution in [0.5, 0.6) is 0 Å². The Morgan fingerprint density at radius 3 is 2.51 bits per heavy atom. The Labute approximate surface area is 216 Å². The van der Waals surface area contributed by atoms with Gasteiger partial charge in [-0.1, -0.05) is 18.2 Å². The van der Waals surface area contributed by atoms with Crippen molar-refractivity contribution in [2.75, 3.05) is 37.0 Å². The zero-order chi connectivity index (χ0) is 25.5. The number of pyridine rings is 1. The summed E-state index contributed by atoms with van der Waals surface area (Å²) in [7, 11) is 0. The van der Waals surface area contributed by atoms with Gasteiger partial charge in [-0.3, -0.25) is 9.59 Å². The number of anilines is 3. The predicted octanol–water partition coefficient (Wildman–Crippen LogP) is 4.77. The van der Waals surface area contributed by atoms with Gasteiger partial charge in [0.2, 0.25) is 5.91 Å². The van der Waals surface area contributed by atoms with Gasteiger partial charge < -0.3 is 25.4 Å². The van der Waals surface area contributed by atoms with Gasteiger partial charge in [0.1, 0.15) is 5.82 Å². The zero-order valence-electron chi connectivity index (χ0n) is 20.7. The van der Waals surface area contributed by atoms with Crippen molar-refractivity contribution in [1.82, 2.24) is 10.3 Å². The minimum atomic E-state index is -0.157. The molecule has 8 heteroatoms. The van der Waals surface area contributed by atoms with Crippen molar-refractivity contribution >= 4 is 29.0 Å². The number of amides is 2. The van der Waals surface area contributed by atoms with Gasteiger partial charge in [-0.05, 0) is 79.3 Å². The van der Waals surface area contributed by atoms with Crippen LogP contribution >= 0.6 is 0 Å². The van der Waals surface area contributed by atoms with E-state index in [1.165, 1.54) is 0 Å². The molecule has 8 nitrogen and oxygen atoms in total. The average molecular weight is 501 g/mol. The number of hydrogen-bond acceptors (Lipinski definition) is 6. The molecule has 0 unspecified atom stereocenters. The maximum atomic E-state index is 13.1. The molecule has 2 saturated heterocycles. The maximum Gasteiger partial charge on any atom is 0.251 e. The third kappa shape index (κ3) is 6.72. The standard InChI is InChI=1S/C29H32N4O4/c34-28(31-19-26-7-4-12-37-26)23-15-22(16-25(17-23)32-24-5-2-1-3-6-24)21-8-11-30-27(18-21)33-29(35)20-9-13-36-14-10-20/h1-3,5-6,8,11,15-18,20,26,32H,4,7,9-10,12-14,19H2,(H,31,34)(H,30,33,35)/t26-/m1/s1. The van der Waals surface area contributed by atoms with Gasteiger partial charge in [-0.2, -0.15) is 0 Å². The summed E-state index contributed by atoms with van der Waals surface area (Å²) in [4.78, 5) is 30.2. The fraction of sp³-hybridized carbons (Fsp3) is 0.345. The van der Waals surface area contributed by atoms with Crippen molar-refractivity contribution < 1.29 is 19.1 Å². The number of nitrogens with one attached hydrogen (secondary N) is 3. The third-order valence-electron chi connectivity index (χ3n) is 6.71. The number of benzene rings is 2. The molecule has 0 spiro atoms. The third-order valence-corrected chi connectivity index (χ3v) is 6.71. The highest BCUT2D eigenvalue weighted by atomic mass is 16.5. The summed E-state index contributed by atoms with van der Waals surface area (Å²) >= 11 is 0. The first-order chi connectivity index (χ1) is 18.1. The lowest BCUT2D eigenvalue weighted by Gasteiger charge is -2.21. The largest absolute Gasteiger partial charge is 0.381 e. The monoisotopic (exact) mass is 500 g/mol. The number of para-hydroxylation sites is 1. The van der Waals surface area contributed by atoms with Gasteiger partial charge in [0.05, 0.1) is 6.10 Å². The SMILES string of the molecule is O=C(NC[C@H]1CCCO1)c1cc(Nc2ccccc2)cc(-c2ccnc(NC(=O)C3CCOCC3)c2)c1. The molecule has 2 aliphatic heterocycles. The molecule has 2 fully saturated rings. The summed E-state index contributed by atoms with van der Waals surface area (Å²) in [5.74, 6) is 0.216. The topological polar surface area (TPSA) is 102 Å². The molecule has 0 bridgehead atoms. The van der Waals surface area contributed by atoms with Crippen molar-refractivity contribution in [3.8, 4) is 11.1 Å². The summed E-state index contributed by atoms with van der Waals surface area (Å²) in [5, 5.41) is 9.36. The number of ether oxygens (including phenoxy) is 2. The smallest absolute Gasteiger partial charge is 0.251 e. The number of carbonyl (C=O) groups is 2. The molecule has 3 heterocycles. The first-order valence-electron chi connectivity index (χ1n) is 12.9. The Morgan fingerprint density at radius 2 is 1.73 bits per heavy atom. The molecule has 3 aromatic rings. The highest BCUT2D eigenvalue weighted by molar-refractivity contribution is 5.97. The minimum Gasteiger partial charge on any atom is -0.381 e. The fourth-order valence-corrected chi connectivity index (χ4v) is 4.67. The van der Waals surface area contributed by atoms with Crippen molar-refractivity contribution in [2.45, 2.75) is 31.8 Å². The molecule has 0 aliphatic carbocycles. The van der Waals surface area contributed by atoms with E-state index in [-0.39, 0.29) is 23.8 Å². The van der Waals surface area contributed by atoms with Crippen LogP contribution in [-0.2, 0) is 14.3 Å². The lowest BCUT2D eigenvalue weighted by atomic mass is 9.99. The summed E-state index contributed by atoms with van der Waals surface area (Å²) < 4.78 is 11.0. The van der Waals surface area contributed by atoms with Gasteiger partial charge in [0, 0.05) is 55.4 Å². The molecule has 0 saturated carbocycles. The second kappa shape index (κ2) is 12.0. The van der Waals surface area contributed by atoms with Crippen molar-refractivity contribution in [3.05, 3.63) is 72.4 Å². The van der Waals surface area contributed by atoms with E-state index in [9.17, 15) is 9.59 Å². The quantitative estimate of drug-likeness (QED) is 0.412.